The van der Waals surface area contributed by atoms with E-state index in [1.54, 1.807) is 10.8 Å². The van der Waals surface area contributed by atoms with Gasteiger partial charge in [-0.2, -0.15) is 5.10 Å². The number of aromatic nitrogens is 2. The molecule has 0 saturated heterocycles. The molecule has 0 atom stereocenters. The number of hydrogen-bond donors (Lipinski definition) is 2. The summed E-state index contributed by atoms with van der Waals surface area (Å²) in [4.78, 5) is 23.4. The Kier molecular flexibility index (Phi) is 7.57. The number of amides is 2. The molecule has 1 aromatic carbocycles. The van der Waals surface area contributed by atoms with Gasteiger partial charge in [-0.15, -0.1) is 0 Å². The third kappa shape index (κ3) is 5.56. The molecule has 0 spiro atoms. The number of rotatable bonds is 7. The Bertz CT molecular complexity index is 896. The average Bonchev–Trinajstić information content (AvgIpc) is 2.94. The molecule has 2 amide bonds. The van der Waals surface area contributed by atoms with E-state index < -0.39 is 17.8 Å². The quantitative estimate of drug-likeness (QED) is 0.655. The molecule has 0 aliphatic carbocycles. The van der Waals surface area contributed by atoms with Gasteiger partial charge in [-0.25, -0.2) is 9.18 Å². The van der Waals surface area contributed by atoms with Crippen LogP contribution in [0.5, 0.6) is 0 Å². The van der Waals surface area contributed by atoms with Crippen LogP contribution >= 0.6 is 11.6 Å². The van der Waals surface area contributed by atoms with Crippen molar-refractivity contribution in [3.05, 3.63) is 46.5 Å². The SMILES string of the molecule is CCCCn1nc(C)c(/C=C/C(=O)Nc2ccc(F)c(NC(=O)OC)c2)c1Cl. The van der Waals surface area contributed by atoms with E-state index in [1.807, 2.05) is 6.92 Å². The van der Waals surface area contributed by atoms with Crippen LogP contribution < -0.4 is 10.6 Å². The third-order valence-corrected chi connectivity index (χ3v) is 4.29. The molecule has 2 N–H and O–H groups in total. The summed E-state index contributed by atoms with van der Waals surface area (Å²) < 4.78 is 19.9. The first kappa shape index (κ1) is 21.4. The van der Waals surface area contributed by atoms with Crippen molar-refractivity contribution in [3.63, 3.8) is 0 Å². The summed E-state index contributed by atoms with van der Waals surface area (Å²) in [7, 11) is 1.17. The average molecular weight is 409 g/mol. The highest BCUT2D eigenvalue weighted by Gasteiger charge is 2.12. The molecule has 0 aliphatic rings. The van der Waals surface area contributed by atoms with Gasteiger partial charge in [0.1, 0.15) is 11.0 Å². The number of benzene rings is 1. The van der Waals surface area contributed by atoms with Crippen molar-refractivity contribution in [1.29, 1.82) is 0 Å². The van der Waals surface area contributed by atoms with Crippen LogP contribution in [0.25, 0.3) is 6.08 Å². The number of nitrogens with one attached hydrogen (secondary N) is 2. The fraction of sp³-hybridized carbons (Fsp3) is 0.316. The van der Waals surface area contributed by atoms with Gasteiger partial charge >= 0.3 is 6.09 Å². The molecule has 0 fully saturated rings. The van der Waals surface area contributed by atoms with Crippen LogP contribution in [0.3, 0.4) is 0 Å². The van der Waals surface area contributed by atoms with Gasteiger partial charge in [-0.05, 0) is 37.6 Å². The van der Waals surface area contributed by atoms with Crippen molar-refractivity contribution < 1.29 is 18.7 Å². The van der Waals surface area contributed by atoms with Gasteiger partial charge in [0.25, 0.3) is 0 Å². The molecule has 0 radical (unpaired) electrons. The second-order valence-corrected chi connectivity index (χ2v) is 6.36. The summed E-state index contributed by atoms with van der Waals surface area (Å²) in [6, 6.07) is 3.80. The second kappa shape index (κ2) is 9.89. The maximum Gasteiger partial charge on any atom is 0.411 e. The minimum Gasteiger partial charge on any atom is -0.453 e. The van der Waals surface area contributed by atoms with Crippen LogP contribution in [0.4, 0.5) is 20.6 Å². The van der Waals surface area contributed by atoms with E-state index in [0.717, 1.165) is 24.6 Å². The second-order valence-electron chi connectivity index (χ2n) is 6.00. The molecule has 0 saturated carbocycles. The summed E-state index contributed by atoms with van der Waals surface area (Å²) in [6.45, 7) is 4.61. The molecule has 2 rings (SSSR count). The Hall–Kier alpha value is -2.87. The predicted molar refractivity (Wildman–Crippen MR) is 107 cm³/mol. The topological polar surface area (TPSA) is 85.3 Å². The van der Waals surface area contributed by atoms with Gasteiger partial charge in [-0.3, -0.25) is 14.8 Å². The molecule has 1 aromatic heterocycles. The lowest BCUT2D eigenvalue weighted by Crippen LogP contribution is -2.13. The molecular weight excluding hydrogens is 387 g/mol. The predicted octanol–water partition coefficient (Wildman–Crippen LogP) is 4.61. The lowest BCUT2D eigenvalue weighted by atomic mass is 10.2. The number of aryl methyl sites for hydroxylation is 2. The number of anilines is 2. The van der Waals surface area contributed by atoms with Crippen LogP contribution in [0.2, 0.25) is 5.15 Å². The molecule has 1 heterocycles. The molecular formula is C19H22ClFN4O3. The first-order valence-electron chi connectivity index (χ1n) is 8.72. The molecule has 0 bridgehead atoms. The third-order valence-electron chi connectivity index (χ3n) is 3.89. The Morgan fingerprint density at radius 3 is 2.79 bits per heavy atom. The number of carbonyl (C=O) groups excluding carboxylic acids is 2. The smallest absolute Gasteiger partial charge is 0.411 e. The van der Waals surface area contributed by atoms with E-state index in [-0.39, 0.29) is 5.69 Å². The normalized spacial score (nSPS) is 10.9. The van der Waals surface area contributed by atoms with Gasteiger partial charge in [0.15, 0.2) is 0 Å². The van der Waals surface area contributed by atoms with Crippen LogP contribution in [0, 0.1) is 12.7 Å². The summed E-state index contributed by atoms with van der Waals surface area (Å²) in [6.07, 6.45) is 4.06. The van der Waals surface area contributed by atoms with Crippen LogP contribution in [0.1, 0.15) is 31.0 Å². The number of unbranched alkanes of at least 4 members (excludes halogenated alkanes) is 1. The molecule has 0 aliphatic heterocycles. The fourth-order valence-electron chi connectivity index (χ4n) is 2.42. The summed E-state index contributed by atoms with van der Waals surface area (Å²) in [5.74, 6) is -1.09. The minimum atomic E-state index is -0.813. The van der Waals surface area contributed by atoms with Crippen molar-refractivity contribution >= 4 is 41.1 Å². The highest BCUT2D eigenvalue weighted by Crippen LogP contribution is 2.23. The van der Waals surface area contributed by atoms with E-state index in [4.69, 9.17) is 11.6 Å². The zero-order valence-corrected chi connectivity index (χ0v) is 16.6. The summed E-state index contributed by atoms with van der Waals surface area (Å²) >= 11 is 6.33. The van der Waals surface area contributed by atoms with E-state index in [0.29, 0.717) is 22.9 Å². The number of halogens is 2. The molecule has 2 aromatic rings. The molecule has 150 valence electrons. The minimum absolute atomic E-state index is 0.107. The fourth-order valence-corrected chi connectivity index (χ4v) is 2.74. The number of methoxy groups -OCH3 is 1. The number of carbonyl (C=O) groups is 2. The van der Waals surface area contributed by atoms with Crippen molar-refractivity contribution in [2.75, 3.05) is 17.7 Å². The maximum absolute atomic E-state index is 13.7. The van der Waals surface area contributed by atoms with Gasteiger partial charge < -0.3 is 10.1 Å². The zero-order chi connectivity index (χ0) is 20.7. The van der Waals surface area contributed by atoms with E-state index in [1.165, 1.54) is 25.3 Å². The Morgan fingerprint density at radius 2 is 2.11 bits per heavy atom. The number of hydrogen-bond acceptors (Lipinski definition) is 4. The largest absolute Gasteiger partial charge is 0.453 e. The standard InChI is InChI=1S/C19H22ClFN4O3/c1-4-5-10-25-18(20)14(12(2)24-25)7-9-17(26)22-13-6-8-15(21)16(11-13)23-19(27)28-3/h6-9,11H,4-5,10H2,1-3H3,(H,22,26)(H,23,27)/b9-7+. The first-order chi connectivity index (χ1) is 13.3. The summed E-state index contributed by atoms with van der Waals surface area (Å²) in [5.41, 5.74) is 1.59. The van der Waals surface area contributed by atoms with Gasteiger partial charge in [-0.1, -0.05) is 24.9 Å². The van der Waals surface area contributed by atoms with E-state index in [9.17, 15) is 14.0 Å². The van der Waals surface area contributed by atoms with Gasteiger partial charge in [0.05, 0.1) is 18.5 Å². The Morgan fingerprint density at radius 1 is 1.36 bits per heavy atom. The molecule has 9 heteroatoms. The van der Waals surface area contributed by atoms with Crippen molar-refractivity contribution in [3.8, 4) is 0 Å². The first-order valence-corrected chi connectivity index (χ1v) is 9.10. The highest BCUT2D eigenvalue weighted by molar-refractivity contribution is 6.31. The number of nitrogens with zero attached hydrogens (tertiary/aromatic N) is 2. The van der Waals surface area contributed by atoms with Crippen LogP contribution in [0.15, 0.2) is 24.3 Å². The Labute approximate surface area is 167 Å². The monoisotopic (exact) mass is 408 g/mol. The lowest BCUT2D eigenvalue weighted by molar-refractivity contribution is -0.111. The zero-order valence-electron chi connectivity index (χ0n) is 15.9. The highest BCUT2D eigenvalue weighted by atomic mass is 35.5. The van der Waals surface area contributed by atoms with Gasteiger partial charge in [0, 0.05) is 23.9 Å². The van der Waals surface area contributed by atoms with Crippen molar-refractivity contribution in [1.82, 2.24) is 9.78 Å². The maximum atomic E-state index is 13.7. The van der Waals surface area contributed by atoms with E-state index in [2.05, 4.69) is 27.4 Å². The Balaban J connectivity index is 2.09. The molecule has 7 nitrogen and oxygen atoms in total. The van der Waals surface area contributed by atoms with Crippen molar-refractivity contribution in [2.45, 2.75) is 33.2 Å². The van der Waals surface area contributed by atoms with Crippen molar-refractivity contribution in [2.24, 2.45) is 0 Å². The van der Waals surface area contributed by atoms with Crippen LogP contribution in [-0.4, -0.2) is 28.9 Å². The van der Waals surface area contributed by atoms with Crippen LogP contribution in [-0.2, 0) is 16.1 Å². The molecule has 28 heavy (non-hydrogen) atoms. The lowest BCUT2D eigenvalue weighted by Gasteiger charge is -2.08. The molecule has 0 unspecified atom stereocenters. The number of ether oxygens (including phenoxy) is 1. The van der Waals surface area contributed by atoms with E-state index >= 15 is 0 Å². The van der Waals surface area contributed by atoms with Gasteiger partial charge in [0.2, 0.25) is 5.91 Å². The summed E-state index contributed by atoms with van der Waals surface area (Å²) in [5, 5.41) is 9.68.